The van der Waals surface area contributed by atoms with Crippen LogP contribution in [0.2, 0.25) is 0 Å². The Labute approximate surface area is 119 Å². The average Bonchev–Trinajstić information content (AvgIpc) is 2.28. The highest BCUT2D eigenvalue weighted by atomic mass is 32.2. The summed E-state index contributed by atoms with van der Waals surface area (Å²) in [6.07, 6.45) is 0.960. The molecule has 116 valence electrons. The number of sulfone groups is 1. The molecule has 21 heavy (non-hydrogen) atoms. The molecule has 1 aromatic carbocycles. The third-order valence-electron chi connectivity index (χ3n) is 2.41. The summed E-state index contributed by atoms with van der Waals surface area (Å²) >= 11 is 0. The van der Waals surface area contributed by atoms with Crippen molar-refractivity contribution in [3.63, 3.8) is 0 Å². The van der Waals surface area contributed by atoms with Gasteiger partial charge in [0.25, 0.3) is 5.91 Å². The quantitative estimate of drug-likeness (QED) is 0.644. The van der Waals surface area contributed by atoms with E-state index in [4.69, 9.17) is 0 Å². The van der Waals surface area contributed by atoms with Crippen LogP contribution in [0.5, 0.6) is 0 Å². The van der Waals surface area contributed by atoms with Crippen molar-refractivity contribution < 1.29 is 26.9 Å². The average molecular weight is 322 g/mol. The van der Waals surface area contributed by atoms with E-state index in [-0.39, 0.29) is 5.75 Å². The van der Waals surface area contributed by atoms with Crippen LogP contribution in [0.3, 0.4) is 0 Å². The van der Waals surface area contributed by atoms with Crippen LogP contribution < -0.4 is 5.32 Å². The molecule has 0 saturated carbocycles. The molecule has 0 fully saturated rings. The Kier molecular flexibility index (Phi) is 4.94. The summed E-state index contributed by atoms with van der Waals surface area (Å²) in [4.78, 5) is 21.0. The number of nitrogens with zero attached hydrogens (tertiary/aromatic N) is 1. The number of hydrogen-bond acceptors (Lipinski definition) is 5. The van der Waals surface area contributed by atoms with Crippen molar-refractivity contribution in [1.82, 2.24) is 5.32 Å². The van der Waals surface area contributed by atoms with Crippen molar-refractivity contribution in [1.29, 1.82) is 0 Å². The van der Waals surface area contributed by atoms with E-state index in [2.05, 4.69) is 5.32 Å². The Morgan fingerprint density at radius 2 is 1.95 bits per heavy atom. The molecule has 0 aromatic heterocycles. The summed E-state index contributed by atoms with van der Waals surface area (Å²) in [7, 11) is -3.36. The number of nitrogens with one attached hydrogen (secondary N) is 1. The number of nitro groups is 1. The predicted octanol–water partition coefficient (Wildman–Crippen LogP) is 1.04. The van der Waals surface area contributed by atoms with Crippen molar-refractivity contribution in [2.75, 3.05) is 12.0 Å². The van der Waals surface area contributed by atoms with Gasteiger partial charge in [-0.15, -0.1) is 0 Å². The van der Waals surface area contributed by atoms with Gasteiger partial charge in [0.1, 0.15) is 15.7 Å². The highest BCUT2D eigenvalue weighted by molar-refractivity contribution is 7.90. The largest absolute Gasteiger partial charge is 0.348 e. The first kappa shape index (κ1) is 17.0. The summed E-state index contributed by atoms with van der Waals surface area (Å²) in [5.41, 5.74) is -1.83. The van der Waals surface area contributed by atoms with Crippen molar-refractivity contribution in [2.24, 2.45) is 0 Å². The number of benzene rings is 1. The topological polar surface area (TPSA) is 106 Å². The summed E-state index contributed by atoms with van der Waals surface area (Å²) in [5, 5.41) is 12.6. The number of nitro benzene ring substituents is 1. The van der Waals surface area contributed by atoms with E-state index in [0.717, 1.165) is 6.26 Å². The van der Waals surface area contributed by atoms with Crippen molar-refractivity contribution in [3.8, 4) is 0 Å². The Morgan fingerprint density at radius 3 is 2.43 bits per heavy atom. The number of amides is 1. The third kappa shape index (κ3) is 4.74. The first-order valence-electron chi connectivity index (χ1n) is 5.63. The van der Waals surface area contributed by atoms with E-state index in [1.807, 2.05) is 0 Å². The standard InChI is InChI=1S/C11H12F2N2O5S/c1-6(5-21(2,19)20)14-11(16)7-3-9(13)10(15(17)18)4-8(7)12/h3-4,6H,5H2,1-2H3,(H,14,16). The maximum atomic E-state index is 13.6. The maximum Gasteiger partial charge on any atom is 0.307 e. The molecule has 1 atom stereocenters. The van der Waals surface area contributed by atoms with E-state index in [9.17, 15) is 32.1 Å². The first-order chi connectivity index (χ1) is 9.51. The van der Waals surface area contributed by atoms with Crippen molar-refractivity contribution >= 4 is 21.4 Å². The highest BCUT2D eigenvalue weighted by Crippen LogP contribution is 2.21. The van der Waals surface area contributed by atoms with Crippen LogP contribution in [-0.2, 0) is 9.84 Å². The van der Waals surface area contributed by atoms with Gasteiger partial charge in [0, 0.05) is 12.3 Å². The zero-order valence-corrected chi connectivity index (χ0v) is 11.9. The summed E-state index contributed by atoms with van der Waals surface area (Å²) in [6, 6.07) is -0.133. The van der Waals surface area contributed by atoms with Crippen LogP contribution in [0.25, 0.3) is 0 Å². The fraction of sp³-hybridized carbons (Fsp3) is 0.364. The Hall–Kier alpha value is -2.10. The number of rotatable bonds is 5. The van der Waals surface area contributed by atoms with Gasteiger partial charge < -0.3 is 5.32 Å². The monoisotopic (exact) mass is 322 g/mol. The number of halogens is 2. The molecule has 10 heteroatoms. The normalized spacial score (nSPS) is 12.8. The Bertz CT molecular complexity index is 690. The van der Waals surface area contributed by atoms with Gasteiger partial charge in [-0.1, -0.05) is 0 Å². The molecular formula is C11H12F2N2O5S. The van der Waals surface area contributed by atoms with Crippen LogP contribution in [-0.4, -0.2) is 37.3 Å². The van der Waals surface area contributed by atoms with Gasteiger partial charge in [0.05, 0.1) is 22.3 Å². The molecule has 0 aliphatic heterocycles. The van der Waals surface area contributed by atoms with E-state index < -0.39 is 49.6 Å². The van der Waals surface area contributed by atoms with Crippen molar-refractivity contribution in [3.05, 3.63) is 39.4 Å². The number of carbonyl (C=O) groups is 1. The van der Waals surface area contributed by atoms with E-state index in [1.54, 1.807) is 0 Å². The van der Waals surface area contributed by atoms with Gasteiger partial charge in [0.15, 0.2) is 0 Å². The Morgan fingerprint density at radius 1 is 1.38 bits per heavy atom. The summed E-state index contributed by atoms with van der Waals surface area (Å²) < 4.78 is 49.0. The molecule has 1 unspecified atom stereocenters. The van der Waals surface area contributed by atoms with Crippen LogP contribution in [0.1, 0.15) is 17.3 Å². The number of hydrogen-bond donors (Lipinski definition) is 1. The fourth-order valence-corrected chi connectivity index (χ4v) is 2.64. The zero-order chi connectivity index (χ0) is 16.4. The second-order valence-electron chi connectivity index (χ2n) is 4.51. The minimum Gasteiger partial charge on any atom is -0.348 e. The zero-order valence-electron chi connectivity index (χ0n) is 11.1. The summed E-state index contributed by atoms with van der Waals surface area (Å²) in [5.74, 6) is -4.07. The molecule has 1 rings (SSSR count). The molecule has 0 saturated heterocycles. The van der Waals surface area contributed by atoms with Gasteiger partial charge >= 0.3 is 5.69 Å². The highest BCUT2D eigenvalue weighted by Gasteiger charge is 2.23. The maximum absolute atomic E-state index is 13.6. The van der Waals surface area contributed by atoms with E-state index in [1.165, 1.54) is 6.92 Å². The first-order valence-corrected chi connectivity index (χ1v) is 7.69. The van der Waals surface area contributed by atoms with Gasteiger partial charge in [-0.25, -0.2) is 12.8 Å². The molecule has 0 bridgehead atoms. The van der Waals surface area contributed by atoms with Crippen molar-refractivity contribution in [2.45, 2.75) is 13.0 Å². The molecule has 0 radical (unpaired) electrons. The van der Waals surface area contributed by atoms with Gasteiger partial charge in [-0.05, 0) is 13.0 Å². The van der Waals surface area contributed by atoms with Gasteiger partial charge in [0.2, 0.25) is 5.82 Å². The molecule has 7 nitrogen and oxygen atoms in total. The Balaban J connectivity index is 2.99. The van der Waals surface area contributed by atoms with E-state index >= 15 is 0 Å². The third-order valence-corrected chi connectivity index (χ3v) is 3.51. The molecule has 0 aliphatic carbocycles. The second-order valence-corrected chi connectivity index (χ2v) is 6.69. The molecule has 0 aliphatic rings. The lowest BCUT2D eigenvalue weighted by Gasteiger charge is -2.13. The lowest BCUT2D eigenvalue weighted by Crippen LogP contribution is -2.37. The van der Waals surface area contributed by atoms with Crippen LogP contribution in [0, 0.1) is 21.7 Å². The minimum atomic E-state index is -3.36. The van der Waals surface area contributed by atoms with Crippen LogP contribution in [0.15, 0.2) is 12.1 Å². The lowest BCUT2D eigenvalue weighted by molar-refractivity contribution is -0.387. The molecule has 0 spiro atoms. The molecule has 1 aromatic rings. The lowest BCUT2D eigenvalue weighted by atomic mass is 10.1. The van der Waals surface area contributed by atoms with Gasteiger partial charge in [-0.2, -0.15) is 4.39 Å². The van der Waals surface area contributed by atoms with Gasteiger partial charge in [-0.3, -0.25) is 14.9 Å². The smallest absolute Gasteiger partial charge is 0.307 e. The molecular weight excluding hydrogens is 310 g/mol. The number of carbonyl (C=O) groups excluding carboxylic acids is 1. The minimum absolute atomic E-state index is 0.297. The predicted molar refractivity (Wildman–Crippen MR) is 69.7 cm³/mol. The molecule has 0 heterocycles. The summed E-state index contributed by atoms with van der Waals surface area (Å²) in [6.45, 7) is 1.37. The molecule has 1 N–H and O–H groups in total. The van der Waals surface area contributed by atoms with Crippen LogP contribution in [0.4, 0.5) is 14.5 Å². The molecule has 1 amide bonds. The van der Waals surface area contributed by atoms with Crippen LogP contribution >= 0.6 is 0 Å². The van der Waals surface area contributed by atoms with E-state index in [0.29, 0.717) is 12.1 Å². The second kappa shape index (κ2) is 6.12. The fourth-order valence-electron chi connectivity index (χ4n) is 1.65. The SMILES string of the molecule is CC(CS(C)(=O)=O)NC(=O)c1cc(F)c([N+](=O)[O-])cc1F.